The van der Waals surface area contributed by atoms with Crippen LogP contribution in [0.15, 0.2) is 36.4 Å². The maximum atomic E-state index is 5.89. The highest BCUT2D eigenvalue weighted by Gasteiger charge is 2.29. The minimum absolute atomic E-state index is 0.690. The van der Waals surface area contributed by atoms with Crippen molar-refractivity contribution in [2.75, 3.05) is 19.6 Å². The molecule has 1 aliphatic carbocycles. The first-order valence-electron chi connectivity index (χ1n) is 7.51. The molecule has 0 aromatic heterocycles. The van der Waals surface area contributed by atoms with Crippen molar-refractivity contribution in [1.29, 1.82) is 0 Å². The molecule has 2 N–H and O–H groups in total. The van der Waals surface area contributed by atoms with E-state index in [2.05, 4.69) is 54.3 Å². The second-order valence-electron chi connectivity index (χ2n) is 5.39. The summed E-state index contributed by atoms with van der Waals surface area (Å²) in [5.41, 5.74) is 7.17. The molecule has 0 amide bonds. The van der Waals surface area contributed by atoms with Crippen LogP contribution in [0.5, 0.6) is 0 Å². The van der Waals surface area contributed by atoms with Crippen LogP contribution in [0.2, 0.25) is 0 Å². The fourth-order valence-electron chi connectivity index (χ4n) is 3.16. The molecule has 2 heteroatoms. The van der Waals surface area contributed by atoms with E-state index in [1.54, 1.807) is 0 Å². The summed E-state index contributed by atoms with van der Waals surface area (Å²) in [5, 5.41) is 0. The van der Waals surface area contributed by atoms with E-state index in [4.69, 9.17) is 5.73 Å². The molecule has 19 heavy (non-hydrogen) atoms. The Labute approximate surface area is 117 Å². The second kappa shape index (κ2) is 7.46. The lowest BCUT2D eigenvalue weighted by atomic mass is 10.0. The van der Waals surface area contributed by atoms with Crippen molar-refractivity contribution in [1.82, 2.24) is 4.90 Å². The van der Waals surface area contributed by atoms with E-state index in [1.165, 1.54) is 24.8 Å². The van der Waals surface area contributed by atoms with Crippen LogP contribution >= 0.6 is 0 Å². The van der Waals surface area contributed by atoms with Gasteiger partial charge in [-0.25, -0.2) is 0 Å². The molecule has 0 radical (unpaired) electrons. The quantitative estimate of drug-likeness (QED) is 0.849. The van der Waals surface area contributed by atoms with Gasteiger partial charge in [0, 0.05) is 12.6 Å². The molecule has 2 atom stereocenters. The van der Waals surface area contributed by atoms with Gasteiger partial charge in [-0.15, -0.1) is 0 Å². The summed E-state index contributed by atoms with van der Waals surface area (Å²) in [6.07, 6.45) is 8.46. The van der Waals surface area contributed by atoms with Gasteiger partial charge in [-0.2, -0.15) is 0 Å². The van der Waals surface area contributed by atoms with Crippen molar-refractivity contribution in [2.24, 2.45) is 11.7 Å². The number of hydrogen-bond acceptors (Lipinski definition) is 2. The van der Waals surface area contributed by atoms with Gasteiger partial charge in [0.05, 0.1) is 0 Å². The van der Waals surface area contributed by atoms with Crippen molar-refractivity contribution >= 4 is 6.08 Å². The van der Waals surface area contributed by atoms with Crippen LogP contribution in [0.25, 0.3) is 6.08 Å². The van der Waals surface area contributed by atoms with E-state index in [1.807, 2.05) is 0 Å². The van der Waals surface area contributed by atoms with Crippen LogP contribution in [0.3, 0.4) is 0 Å². The van der Waals surface area contributed by atoms with E-state index >= 15 is 0 Å². The Kier molecular flexibility index (Phi) is 5.62. The van der Waals surface area contributed by atoms with Gasteiger partial charge in [0.2, 0.25) is 0 Å². The molecule has 0 heterocycles. The molecule has 0 bridgehead atoms. The van der Waals surface area contributed by atoms with E-state index < -0.39 is 0 Å². The molecule has 2 nitrogen and oxygen atoms in total. The minimum Gasteiger partial charge on any atom is -0.330 e. The molecule has 0 spiro atoms. The summed E-state index contributed by atoms with van der Waals surface area (Å²) in [6.45, 7) is 5.23. The molecule has 104 valence electrons. The standard InChI is InChI=1S/C17H26N2/c1-2-19(17-12-6-11-16(17)14-18)13-7-10-15-8-4-3-5-9-15/h3-5,7-10,16-17H,2,6,11-14,18H2,1H3. The Morgan fingerprint density at radius 1 is 1.26 bits per heavy atom. The third-order valence-electron chi connectivity index (χ3n) is 4.25. The third kappa shape index (κ3) is 3.92. The molecule has 2 unspecified atom stereocenters. The predicted octanol–water partition coefficient (Wildman–Crippen LogP) is 3.15. The molecule has 1 saturated carbocycles. The smallest absolute Gasteiger partial charge is 0.0169 e. The van der Waals surface area contributed by atoms with Gasteiger partial charge in [0.25, 0.3) is 0 Å². The molecule has 1 fully saturated rings. The zero-order chi connectivity index (χ0) is 13.5. The summed E-state index contributed by atoms with van der Waals surface area (Å²) in [4.78, 5) is 2.57. The van der Waals surface area contributed by atoms with Crippen LogP contribution in [0.4, 0.5) is 0 Å². The highest BCUT2D eigenvalue weighted by atomic mass is 15.2. The average Bonchev–Trinajstić information content (AvgIpc) is 2.93. The molecule has 1 aromatic carbocycles. The van der Waals surface area contributed by atoms with Crippen LogP contribution in [-0.4, -0.2) is 30.6 Å². The summed E-state index contributed by atoms with van der Waals surface area (Å²) >= 11 is 0. The third-order valence-corrected chi connectivity index (χ3v) is 4.25. The topological polar surface area (TPSA) is 29.3 Å². The first kappa shape index (κ1) is 14.3. The minimum atomic E-state index is 0.690. The van der Waals surface area contributed by atoms with Gasteiger partial charge in [-0.05, 0) is 37.4 Å². The van der Waals surface area contributed by atoms with Crippen molar-refractivity contribution < 1.29 is 0 Å². The fourth-order valence-corrected chi connectivity index (χ4v) is 3.16. The fraction of sp³-hybridized carbons (Fsp3) is 0.529. The number of likely N-dealkylation sites (N-methyl/N-ethyl adjacent to an activating group) is 1. The van der Waals surface area contributed by atoms with Crippen LogP contribution in [-0.2, 0) is 0 Å². The predicted molar refractivity (Wildman–Crippen MR) is 82.9 cm³/mol. The lowest BCUT2D eigenvalue weighted by Crippen LogP contribution is -2.40. The van der Waals surface area contributed by atoms with Crippen LogP contribution in [0, 0.1) is 5.92 Å². The van der Waals surface area contributed by atoms with E-state index in [0.29, 0.717) is 12.0 Å². The van der Waals surface area contributed by atoms with Gasteiger partial charge < -0.3 is 5.73 Å². The zero-order valence-corrected chi connectivity index (χ0v) is 12.0. The first-order chi connectivity index (χ1) is 9.35. The average molecular weight is 258 g/mol. The Balaban J connectivity index is 1.90. The normalized spacial score (nSPS) is 23.5. The molecule has 0 aliphatic heterocycles. The first-order valence-corrected chi connectivity index (χ1v) is 7.51. The summed E-state index contributed by atoms with van der Waals surface area (Å²) in [5.74, 6) is 0.699. The summed E-state index contributed by atoms with van der Waals surface area (Å²) in [6, 6.07) is 11.2. The van der Waals surface area contributed by atoms with E-state index in [0.717, 1.165) is 19.6 Å². The number of rotatable bonds is 6. The van der Waals surface area contributed by atoms with Crippen molar-refractivity contribution in [3.63, 3.8) is 0 Å². The monoisotopic (exact) mass is 258 g/mol. The van der Waals surface area contributed by atoms with Gasteiger partial charge in [-0.3, -0.25) is 4.90 Å². The molecule has 0 saturated heterocycles. The molecular weight excluding hydrogens is 232 g/mol. The molecular formula is C17H26N2. The maximum absolute atomic E-state index is 5.89. The van der Waals surface area contributed by atoms with Gasteiger partial charge in [0.15, 0.2) is 0 Å². The number of nitrogens with two attached hydrogens (primary N) is 1. The molecule has 1 aromatic rings. The van der Waals surface area contributed by atoms with Crippen LogP contribution < -0.4 is 5.73 Å². The largest absolute Gasteiger partial charge is 0.330 e. The summed E-state index contributed by atoms with van der Waals surface area (Å²) < 4.78 is 0. The Morgan fingerprint density at radius 2 is 2.05 bits per heavy atom. The van der Waals surface area contributed by atoms with Crippen LogP contribution in [0.1, 0.15) is 31.7 Å². The van der Waals surface area contributed by atoms with Gasteiger partial charge >= 0.3 is 0 Å². The Hall–Kier alpha value is -1.12. The van der Waals surface area contributed by atoms with Crippen molar-refractivity contribution in [2.45, 2.75) is 32.2 Å². The lowest BCUT2D eigenvalue weighted by Gasteiger charge is -2.30. The van der Waals surface area contributed by atoms with E-state index in [-0.39, 0.29) is 0 Å². The number of benzene rings is 1. The van der Waals surface area contributed by atoms with E-state index in [9.17, 15) is 0 Å². The van der Waals surface area contributed by atoms with Crippen molar-refractivity contribution in [3.05, 3.63) is 42.0 Å². The van der Waals surface area contributed by atoms with Gasteiger partial charge in [-0.1, -0.05) is 55.8 Å². The van der Waals surface area contributed by atoms with Gasteiger partial charge in [0.1, 0.15) is 0 Å². The highest BCUT2D eigenvalue weighted by molar-refractivity contribution is 5.48. The Morgan fingerprint density at radius 3 is 2.74 bits per heavy atom. The Bertz CT molecular complexity index is 386. The molecule has 1 aliphatic rings. The maximum Gasteiger partial charge on any atom is 0.0169 e. The lowest BCUT2D eigenvalue weighted by molar-refractivity contribution is 0.189. The SMILES string of the molecule is CCN(CC=Cc1ccccc1)C1CCCC1CN. The van der Waals surface area contributed by atoms with Crippen molar-refractivity contribution in [3.8, 4) is 0 Å². The second-order valence-corrected chi connectivity index (χ2v) is 5.39. The molecule has 2 rings (SSSR count). The summed E-state index contributed by atoms with van der Waals surface area (Å²) in [7, 11) is 0. The number of nitrogens with zero attached hydrogens (tertiary/aromatic N) is 1. The highest BCUT2D eigenvalue weighted by Crippen LogP contribution is 2.29. The zero-order valence-electron chi connectivity index (χ0n) is 12.0. The number of hydrogen-bond donors (Lipinski definition) is 1.